The maximum absolute atomic E-state index is 12.2. The lowest BCUT2D eigenvalue weighted by atomic mass is 10.2. The number of ether oxygens (including phenoxy) is 1. The monoisotopic (exact) mass is 340 g/mol. The van der Waals surface area contributed by atoms with E-state index < -0.39 is 6.04 Å². The van der Waals surface area contributed by atoms with Crippen molar-refractivity contribution in [2.45, 2.75) is 25.9 Å². The molecule has 2 rings (SSSR count). The zero-order valence-corrected chi connectivity index (χ0v) is 13.1. The molecule has 1 saturated heterocycles. The van der Waals surface area contributed by atoms with Gasteiger partial charge in [-0.3, -0.25) is 9.59 Å². The maximum atomic E-state index is 12.2. The van der Waals surface area contributed by atoms with Gasteiger partial charge >= 0.3 is 0 Å². The summed E-state index contributed by atoms with van der Waals surface area (Å²) in [4.78, 5) is 25.3. The van der Waals surface area contributed by atoms with Crippen molar-refractivity contribution < 1.29 is 14.3 Å². The Morgan fingerprint density at radius 3 is 2.85 bits per heavy atom. The number of carbonyl (C=O) groups is 2. The second-order valence-electron chi connectivity index (χ2n) is 4.77. The van der Waals surface area contributed by atoms with Crippen LogP contribution in [0.5, 0.6) is 5.75 Å². The lowest BCUT2D eigenvalue weighted by Gasteiger charge is -2.22. The molecule has 0 spiro atoms. The molecule has 1 fully saturated rings. The average molecular weight is 341 g/mol. The molecule has 6 heteroatoms. The van der Waals surface area contributed by atoms with E-state index in [1.165, 1.54) is 0 Å². The van der Waals surface area contributed by atoms with E-state index in [9.17, 15) is 9.59 Å². The molecule has 5 nitrogen and oxygen atoms in total. The van der Waals surface area contributed by atoms with E-state index in [-0.39, 0.29) is 11.8 Å². The van der Waals surface area contributed by atoms with Crippen LogP contribution in [-0.2, 0) is 16.1 Å². The second kappa shape index (κ2) is 6.26. The van der Waals surface area contributed by atoms with Gasteiger partial charge in [0, 0.05) is 19.5 Å². The van der Waals surface area contributed by atoms with Gasteiger partial charge in [0.25, 0.3) is 0 Å². The summed E-state index contributed by atoms with van der Waals surface area (Å²) < 4.78 is 6.03. The summed E-state index contributed by atoms with van der Waals surface area (Å²) in [6, 6.07) is 5.24. The van der Waals surface area contributed by atoms with Gasteiger partial charge < -0.3 is 15.0 Å². The van der Waals surface area contributed by atoms with E-state index in [1.54, 1.807) is 18.9 Å². The van der Waals surface area contributed by atoms with Crippen LogP contribution in [0.25, 0.3) is 0 Å². The Hall–Kier alpha value is -1.56. The molecule has 0 saturated carbocycles. The number of benzene rings is 1. The molecule has 108 valence electrons. The molecule has 1 aromatic rings. The van der Waals surface area contributed by atoms with Crippen LogP contribution in [0.2, 0.25) is 0 Å². The number of amides is 2. The Balaban J connectivity index is 2.13. The van der Waals surface area contributed by atoms with Gasteiger partial charge in [0.15, 0.2) is 0 Å². The first-order valence-electron chi connectivity index (χ1n) is 6.42. The highest BCUT2D eigenvalue weighted by Gasteiger charge is 2.26. The average Bonchev–Trinajstić information content (AvgIpc) is 2.52. The minimum atomic E-state index is -0.466. The van der Waals surface area contributed by atoms with Gasteiger partial charge in [-0.15, -0.1) is 0 Å². The third-order valence-corrected chi connectivity index (χ3v) is 3.88. The zero-order chi connectivity index (χ0) is 14.7. The predicted octanol–water partition coefficient (Wildman–Crippen LogP) is 1.69. The molecule has 1 atom stereocenters. The highest BCUT2D eigenvalue weighted by Crippen LogP contribution is 2.26. The first-order chi connectivity index (χ1) is 9.51. The standard InChI is InChI=1S/C14H17BrN2O3/c1-9-14(19)17(6-5-13(18)16-9)8-10-3-4-12(20-2)11(15)7-10/h3-4,7,9H,5-6,8H2,1-2H3,(H,16,18). The maximum Gasteiger partial charge on any atom is 0.245 e. The Kier molecular flexibility index (Phi) is 4.65. The van der Waals surface area contributed by atoms with E-state index in [1.807, 2.05) is 18.2 Å². The molecule has 1 aliphatic heterocycles. The fourth-order valence-corrected chi connectivity index (χ4v) is 2.77. The summed E-state index contributed by atoms with van der Waals surface area (Å²) in [7, 11) is 1.61. The molecule has 0 radical (unpaired) electrons. The fourth-order valence-electron chi connectivity index (χ4n) is 2.18. The molecule has 2 amide bonds. The molecule has 1 heterocycles. The Morgan fingerprint density at radius 1 is 1.45 bits per heavy atom. The van der Waals surface area contributed by atoms with E-state index in [0.29, 0.717) is 19.5 Å². The number of hydrogen-bond donors (Lipinski definition) is 1. The fraction of sp³-hybridized carbons (Fsp3) is 0.429. The molecule has 20 heavy (non-hydrogen) atoms. The molecule has 1 N–H and O–H groups in total. The van der Waals surface area contributed by atoms with Crippen LogP contribution >= 0.6 is 15.9 Å². The van der Waals surface area contributed by atoms with Crippen LogP contribution in [0.4, 0.5) is 0 Å². The zero-order valence-electron chi connectivity index (χ0n) is 11.5. The van der Waals surface area contributed by atoms with Crippen LogP contribution in [0, 0.1) is 0 Å². The van der Waals surface area contributed by atoms with Crippen LogP contribution in [0.15, 0.2) is 22.7 Å². The largest absolute Gasteiger partial charge is 0.496 e. The van der Waals surface area contributed by atoms with Crippen molar-refractivity contribution >= 4 is 27.7 Å². The molecule has 1 unspecified atom stereocenters. The van der Waals surface area contributed by atoms with Crippen LogP contribution < -0.4 is 10.1 Å². The van der Waals surface area contributed by atoms with Crippen molar-refractivity contribution in [1.82, 2.24) is 10.2 Å². The van der Waals surface area contributed by atoms with E-state index in [2.05, 4.69) is 21.2 Å². The van der Waals surface area contributed by atoms with Crippen molar-refractivity contribution in [2.24, 2.45) is 0 Å². The Bertz CT molecular complexity index is 533. The number of halogens is 1. The Morgan fingerprint density at radius 2 is 2.20 bits per heavy atom. The summed E-state index contributed by atoms with van der Waals surface area (Å²) >= 11 is 3.43. The van der Waals surface area contributed by atoms with Gasteiger partial charge in [0.2, 0.25) is 11.8 Å². The topological polar surface area (TPSA) is 58.6 Å². The van der Waals surface area contributed by atoms with Gasteiger partial charge in [-0.05, 0) is 40.5 Å². The van der Waals surface area contributed by atoms with Crippen LogP contribution in [-0.4, -0.2) is 36.4 Å². The number of nitrogens with one attached hydrogen (secondary N) is 1. The summed E-state index contributed by atoms with van der Waals surface area (Å²) in [6.45, 7) is 2.64. The molecular formula is C14H17BrN2O3. The summed E-state index contributed by atoms with van der Waals surface area (Å²) in [5.74, 6) is 0.619. The minimum absolute atomic E-state index is 0.0530. The highest BCUT2D eigenvalue weighted by molar-refractivity contribution is 9.10. The Labute approximate surface area is 126 Å². The minimum Gasteiger partial charge on any atom is -0.496 e. The van der Waals surface area contributed by atoms with Crippen LogP contribution in [0.1, 0.15) is 18.9 Å². The van der Waals surface area contributed by atoms with Crippen LogP contribution in [0.3, 0.4) is 0 Å². The molecule has 0 aromatic heterocycles. The number of rotatable bonds is 3. The molecule has 1 aliphatic rings. The third kappa shape index (κ3) is 3.30. The van der Waals surface area contributed by atoms with Gasteiger partial charge in [0.1, 0.15) is 11.8 Å². The smallest absolute Gasteiger partial charge is 0.245 e. The van der Waals surface area contributed by atoms with Crippen molar-refractivity contribution in [3.63, 3.8) is 0 Å². The quantitative estimate of drug-likeness (QED) is 0.910. The van der Waals surface area contributed by atoms with E-state index in [0.717, 1.165) is 15.8 Å². The lowest BCUT2D eigenvalue weighted by molar-refractivity contribution is -0.133. The van der Waals surface area contributed by atoms with E-state index >= 15 is 0 Å². The van der Waals surface area contributed by atoms with E-state index in [4.69, 9.17) is 4.74 Å². The first-order valence-corrected chi connectivity index (χ1v) is 7.21. The van der Waals surface area contributed by atoms with Crippen molar-refractivity contribution in [1.29, 1.82) is 0 Å². The van der Waals surface area contributed by atoms with Gasteiger partial charge in [-0.25, -0.2) is 0 Å². The van der Waals surface area contributed by atoms with Crippen molar-refractivity contribution in [3.05, 3.63) is 28.2 Å². The van der Waals surface area contributed by atoms with Gasteiger partial charge in [0.05, 0.1) is 11.6 Å². The second-order valence-corrected chi connectivity index (χ2v) is 5.62. The molecule has 0 bridgehead atoms. The van der Waals surface area contributed by atoms with Crippen molar-refractivity contribution in [3.8, 4) is 5.75 Å². The number of hydrogen-bond acceptors (Lipinski definition) is 3. The van der Waals surface area contributed by atoms with Gasteiger partial charge in [-0.1, -0.05) is 6.07 Å². The first kappa shape index (κ1) is 14.8. The lowest BCUT2D eigenvalue weighted by Crippen LogP contribution is -2.42. The summed E-state index contributed by atoms with van der Waals surface area (Å²) in [6.07, 6.45) is 0.341. The summed E-state index contributed by atoms with van der Waals surface area (Å²) in [5, 5.41) is 2.68. The third-order valence-electron chi connectivity index (χ3n) is 3.26. The normalized spacial score (nSPS) is 19.6. The highest BCUT2D eigenvalue weighted by atomic mass is 79.9. The molecule has 0 aliphatic carbocycles. The summed E-state index contributed by atoms with van der Waals surface area (Å²) in [5.41, 5.74) is 0.993. The number of carbonyl (C=O) groups excluding carboxylic acids is 2. The predicted molar refractivity (Wildman–Crippen MR) is 78.3 cm³/mol. The van der Waals surface area contributed by atoms with Crippen molar-refractivity contribution in [2.75, 3.05) is 13.7 Å². The van der Waals surface area contributed by atoms with Gasteiger partial charge in [-0.2, -0.15) is 0 Å². The number of nitrogens with zero attached hydrogens (tertiary/aromatic N) is 1. The number of methoxy groups -OCH3 is 1. The SMILES string of the molecule is COc1ccc(CN2CCC(=O)NC(C)C2=O)cc1Br. The molecule has 1 aromatic carbocycles. The molecular weight excluding hydrogens is 324 g/mol.